The van der Waals surface area contributed by atoms with Crippen molar-refractivity contribution in [3.05, 3.63) is 167 Å². The molecular formula is C39H38O4. The molecule has 1 atom stereocenters. The Kier molecular flexibility index (Phi) is 9.81. The van der Waals surface area contributed by atoms with Crippen LogP contribution in [0.2, 0.25) is 0 Å². The van der Waals surface area contributed by atoms with Crippen LogP contribution in [0.4, 0.5) is 0 Å². The van der Waals surface area contributed by atoms with E-state index in [2.05, 4.69) is 78.9 Å². The zero-order valence-corrected chi connectivity index (χ0v) is 24.4. The molecule has 0 amide bonds. The van der Waals surface area contributed by atoms with Crippen molar-refractivity contribution in [2.75, 3.05) is 0 Å². The Hall–Kier alpha value is -4.38. The summed E-state index contributed by atoms with van der Waals surface area (Å²) in [5, 5.41) is 0. The molecule has 0 fully saturated rings. The van der Waals surface area contributed by atoms with E-state index in [1.165, 1.54) is 22.3 Å². The quantitative estimate of drug-likeness (QED) is 0.133. The maximum Gasteiger partial charge on any atom is 0.162 e. The van der Waals surface area contributed by atoms with Gasteiger partial charge in [0.05, 0.1) is 13.2 Å². The summed E-state index contributed by atoms with van der Waals surface area (Å²) in [6.45, 7) is 1.59. The molecule has 0 saturated heterocycles. The van der Waals surface area contributed by atoms with Crippen molar-refractivity contribution in [3.63, 3.8) is 0 Å². The largest absolute Gasteiger partial charge is 0.490 e. The molecule has 43 heavy (non-hydrogen) atoms. The summed E-state index contributed by atoms with van der Waals surface area (Å²) >= 11 is 0. The summed E-state index contributed by atoms with van der Waals surface area (Å²) in [6, 6.07) is 45.6. The monoisotopic (exact) mass is 570 g/mol. The highest BCUT2D eigenvalue weighted by molar-refractivity contribution is 5.39. The van der Waals surface area contributed by atoms with Crippen LogP contribution in [0.5, 0.6) is 11.5 Å². The second-order valence-corrected chi connectivity index (χ2v) is 11.1. The van der Waals surface area contributed by atoms with Crippen LogP contribution in [-0.2, 0) is 48.6 Å². The first kappa shape index (κ1) is 28.7. The van der Waals surface area contributed by atoms with Crippen LogP contribution in [0.3, 0.4) is 0 Å². The molecule has 0 saturated carbocycles. The van der Waals surface area contributed by atoms with Crippen LogP contribution in [0, 0.1) is 0 Å². The average Bonchev–Trinajstić information content (AvgIpc) is 3.07. The van der Waals surface area contributed by atoms with E-state index in [1.54, 1.807) is 0 Å². The van der Waals surface area contributed by atoms with Crippen molar-refractivity contribution in [1.82, 2.24) is 0 Å². The Bertz CT molecular complexity index is 1490. The minimum atomic E-state index is -0.352. The molecule has 1 heterocycles. The standard InChI is InChI=1S/C39H38O4/c1-4-10-31(11-5-1)27-40-36-20-16-30(17-21-36)25-37-22-19-35-24-34(18-23-38(35)43-37)26-39(41-28-32-12-6-2-7-13-32)42-29-33-14-8-3-9-15-33/h1-18,20-21,23-24,37,39H,19,22,25-29H2. The summed E-state index contributed by atoms with van der Waals surface area (Å²) in [5.41, 5.74) is 7.14. The molecule has 1 aliphatic rings. The summed E-state index contributed by atoms with van der Waals surface area (Å²) in [6.07, 6.45) is 3.34. The third-order valence-electron chi connectivity index (χ3n) is 7.75. The summed E-state index contributed by atoms with van der Waals surface area (Å²) < 4.78 is 24.9. The van der Waals surface area contributed by atoms with Gasteiger partial charge in [-0.15, -0.1) is 0 Å². The number of benzene rings is 5. The molecule has 1 unspecified atom stereocenters. The SMILES string of the molecule is c1ccc(COc2ccc(CC3CCc4cc(CC(OCc5ccccc5)OCc5ccccc5)ccc4O3)cc2)cc1. The lowest BCUT2D eigenvalue weighted by atomic mass is 9.96. The average molecular weight is 571 g/mol. The topological polar surface area (TPSA) is 36.9 Å². The molecule has 4 heteroatoms. The summed E-state index contributed by atoms with van der Waals surface area (Å²) in [4.78, 5) is 0. The Morgan fingerprint density at radius 2 is 1.14 bits per heavy atom. The predicted octanol–water partition coefficient (Wildman–Crippen LogP) is 8.50. The van der Waals surface area contributed by atoms with Crippen LogP contribution in [0.25, 0.3) is 0 Å². The van der Waals surface area contributed by atoms with Crippen LogP contribution >= 0.6 is 0 Å². The molecule has 0 radical (unpaired) electrons. The zero-order valence-electron chi connectivity index (χ0n) is 24.4. The van der Waals surface area contributed by atoms with E-state index < -0.39 is 0 Å². The maximum absolute atomic E-state index is 6.45. The lowest BCUT2D eigenvalue weighted by molar-refractivity contribution is -0.155. The Morgan fingerprint density at radius 3 is 1.74 bits per heavy atom. The maximum atomic E-state index is 6.45. The molecule has 218 valence electrons. The van der Waals surface area contributed by atoms with E-state index in [9.17, 15) is 0 Å². The molecule has 0 spiro atoms. The van der Waals surface area contributed by atoms with Crippen LogP contribution < -0.4 is 9.47 Å². The molecular weight excluding hydrogens is 532 g/mol. The highest BCUT2D eigenvalue weighted by Crippen LogP contribution is 2.31. The molecule has 0 bridgehead atoms. The number of ether oxygens (including phenoxy) is 4. The van der Waals surface area contributed by atoms with Gasteiger partial charge in [0.15, 0.2) is 6.29 Å². The van der Waals surface area contributed by atoms with Gasteiger partial charge in [0.2, 0.25) is 0 Å². The molecule has 0 N–H and O–H groups in total. The summed E-state index contributed by atoms with van der Waals surface area (Å²) in [7, 11) is 0. The van der Waals surface area contributed by atoms with Gasteiger partial charge < -0.3 is 18.9 Å². The van der Waals surface area contributed by atoms with Gasteiger partial charge in [-0.3, -0.25) is 0 Å². The Morgan fingerprint density at radius 1 is 0.581 bits per heavy atom. The molecule has 0 aromatic heterocycles. The second kappa shape index (κ2) is 14.7. The van der Waals surface area contributed by atoms with Gasteiger partial charge in [0.25, 0.3) is 0 Å². The highest BCUT2D eigenvalue weighted by Gasteiger charge is 2.21. The van der Waals surface area contributed by atoms with E-state index in [0.29, 0.717) is 26.2 Å². The molecule has 6 rings (SSSR count). The number of aryl methyl sites for hydroxylation is 1. The first-order chi connectivity index (χ1) is 21.3. The van der Waals surface area contributed by atoms with Gasteiger partial charge >= 0.3 is 0 Å². The third-order valence-corrected chi connectivity index (χ3v) is 7.75. The van der Waals surface area contributed by atoms with Gasteiger partial charge in [0, 0.05) is 12.8 Å². The first-order valence-electron chi connectivity index (χ1n) is 15.1. The van der Waals surface area contributed by atoms with Crippen molar-refractivity contribution in [2.24, 2.45) is 0 Å². The molecule has 4 nitrogen and oxygen atoms in total. The fourth-order valence-electron chi connectivity index (χ4n) is 5.38. The van der Waals surface area contributed by atoms with Crippen molar-refractivity contribution < 1.29 is 18.9 Å². The molecule has 1 aliphatic heterocycles. The van der Waals surface area contributed by atoms with Crippen molar-refractivity contribution in [3.8, 4) is 11.5 Å². The van der Waals surface area contributed by atoms with Gasteiger partial charge in [-0.25, -0.2) is 0 Å². The zero-order chi connectivity index (χ0) is 29.1. The fraction of sp³-hybridized carbons (Fsp3) is 0.231. The number of rotatable bonds is 13. The predicted molar refractivity (Wildman–Crippen MR) is 170 cm³/mol. The van der Waals surface area contributed by atoms with Crippen molar-refractivity contribution >= 4 is 0 Å². The van der Waals surface area contributed by atoms with E-state index in [4.69, 9.17) is 18.9 Å². The van der Waals surface area contributed by atoms with E-state index in [-0.39, 0.29) is 12.4 Å². The third kappa shape index (κ3) is 8.57. The van der Waals surface area contributed by atoms with Gasteiger partial charge in [-0.1, -0.05) is 115 Å². The lowest BCUT2D eigenvalue weighted by Gasteiger charge is -2.27. The Labute approximate surface area is 254 Å². The molecule has 5 aromatic carbocycles. The highest BCUT2D eigenvalue weighted by atomic mass is 16.7. The first-order valence-corrected chi connectivity index (χ1v) is 15.1. The minimum Gasteiger partial charge on any atom is -0.490 e. The van der Waals surface area contributed by atoms with Crippen LogP contribution in [0.15, 0.2) is 133 Å². The van der Waals surface area contributed by atoms with Gasteiger partial charge in [0.1, 0.15) is 24.2 Å². The summed E-state index contributed by atoms with van der Waals surface area (Å²) in [5.74, 6) is 1.86. The molecule has 0 aliphatic carbocycles. The number of hydrogen-bond acceptors (Lipinski definition) is 4. The van der Waals surface area contributed by atoms with Crippen molar-refractivity contribution in [2.45, 2.75) is 57.9 Å². The molecule has 5 aromatic rings. The van der Waals surface area contributed by atoms with E-state index in [1.807, 2.05) is 54.6 Å². The second-order valence-electron chi connectivity index (χ2n) is 11.1. The smallest absolute Gasteiger partial charge is 0.162 e. The van der Waals surface area contributed by atoms with E-state index in [0.717, 1.165) is 41.9 Å². The van der Waals surface area contributed by atoms with Crippen LogP contribution in [-0.4, -0.2) is 12.4 Å². The Balaban J connectivity index is 1.03. The number of hydrogen-bond donors (Lipinski definition) is 0. The lowest BCUT2D eigenvalue weighted by Crippen LogP contribution is -2.25. The van der Waals surface area contributed by atoms with Gasteiger partial charge in [-0.05, 0) is 64.4 Å². The normalized spacial score (nSPS) is 14.2. The fourth-order valence-corrected chi connectivity index (χ4v) is 5.38. The van der Waals surface area contributed by atoms with E-state index >= 15 is 0 Å². The van der Waals surface area contributed by atoms with Crippen LogP contribution in [0.1, 0.15) is 39.8 Å². The number of fused-ring (bicyclic) bond motifs is 1. The van der Waals surface area contributed by atoms with Gasteiger partial charge in [-0.2, -0.15) is 0 Å². The van der Waals surface area contributed by atoms with Crippen molar-refractivity contribution in [1.29, 1.82) is 0 Å². The minimum absolute atomic E-state index is 0.158.